The van der Waals surface area contributed by atoms with Crippen LogP contribution in [0.15, 0.2) is 24.3 Å². The molecule has 0 heterocycles. The lowest BCUT2D eigenvalue weighted by atomic mass is 9.73. The van der Waals surface area contributed by atoms with E-state index in [1.807, 2.05) is 12.2 Å². The summed E-state index contributed by atoms with van der Waals surface area (Å²) in [5, 5.41) is 0. The summed E-state index contributed by atoms with van der Waals surface area (Å²) >= 11 is 0. The zero-order valence-corrected chi connectivity index (χ0v) is 15.1. The van der Waals surface area contributed by atoms with Gasteiger partial charge in [-0.2, -0.15) is 0 Å². The molecular formula is C21H37F. The number of hydrogen-bond donors (Lipinski definition) is 0. The van der Waals surface area contributed by atoms with E-state index in [-0.39, 0.29) is 6.67 Å². The molecule has 1 fully saturated rings. The van der Waals surface area contributed by atoms with Gasteiger partial charge in [-0.05, 0) is 42.9 Å². The van der Waals surface area contributed by atoms with Crippen molar-refractivity contribution in [2.45, 2.75) is 78.6 Å². The van der Waals surface area contributed by atoms with Crippen molar-refractivity contribution in [2.24, 2.45) is 23.7 Å². The molecule has 1 rings (SSSR count). The van der Waals surface area contributed by atoms with Gasteiger partial charge in [0.1, 0.15) is 6.67 Å². The quantitative estimate of drug-likeness (QED) is 0.298. The Kier molecular flexibility index (Phi) is 10.5. The third-order valence-corrected chi connectivity index (χ3v) is 5.31. The fourth-order valence-electron chi connectivity index (χ4n) is 3.85. The summed E-state index contributed by atoms with van der Waals surface area (Å²) in [4.78, 5) is 0. The molecule has 0 amide bonds. The topological polar surface area (TPSA) is 0 Å². The molecule has 1 atom stereocenters. The van der Waals surface area contributed by atoms with Crippen molar-refractivity contribution < 1.29 is 4.39 Å². The van der Waals surface area contributed by atoms with Gasteiger partial charge in [0.25, 0.3) is 0 Å². The molecule has 0 saturated heterocycles. The lowest BCUT2D eigenvalue weighted by Gasteiger charge is -2.32. The summed E-state index contributed by atoms with van der Waals surface area (Å²) in [5.74, 6) is 3.38. The molecule has 1 aliphatic carbocycles. The average molecular weight is 309 g/mol. The van der Waals surface area contributed by atoms with Crippen molar-refractivity contribution in [1.82, 2.24) is 0 Å². The highest BCUT2D eigenvalue weighted by Crippen LogP contribution is 2.37. The van der Waals surface area contributed by atoms with Crippen molar-refractivity contribution in [2.75, 3.05) is 6.67 Å². The first-order valence-electron chi connectivity index (χ1n) is 9.56. The summed E-state index contributed by atoms with van der Waals surface area (Å²) in [6, 6.07) is 0. The highest BCUT2D eigenvalue weighted by molar-refractivity contribution is 5.05. The molecule has 0 radical (unpaired) electrons. The zero-order chi connectivity index (χ0) is 16.2. The number of halogens is 1. The SMILES string of the molecule is CCC(/C=C\C=C\CF)C1CCC(CCCCC(C)C)CC1. The molecule has 0 aromatic carbocycles. The molecule has 1 saturated carbocycles. The number of hydrogen-bond acceptors (Lipinski definition) is 0. The molecule has 0 spiro atoms. The second-order valence-electron chi connectivity index (χ2n) is 7.50. The predicted octanol–water partition coefficient (Wildman–Crippen LogP) is 7.12. The normalized spacial score (nSPS) is 24.6. The molecule has 0 nitrogen and oxygen atoms in total. The van der Waals surface area contributed by atoms with Gasteiger partial charge in [0.15, 0.2) is 0 Å². The fourth-order valence-corrected chi connectivity index (χ4v) is 3.85. The Balaban J connectivity index is 2.24. The fraction of sp³-hybridized carbons (Fsp3) is 0.810. The van der Waals surface area contributed by atoms with Crippen molar-refractivity contribution in [3.63, 3.8) is 0 Å². The van der Waals surface area contributed by atoms with Crippen molar-refractivity contribution in [3.8, 4) is 0 Å². The molecule has 128 valence electrons. The first-order valence-corrected chi connectivity index (χ1v) is 9.56. The van der Waals surface area contributed by atoms with E-state index in [9.17, 15) is 4.39 Å². The third kappa shape index (κ3) is 8.15. The van der Waals surface area contributed by atoms with Gasteiger partial charge in [0.2, 0.25) is 0 Å². The molecule has 0 N–H and O–H groups in total. The smallest absolute Gasteiger partial charge is 0.108 e. The number of rotatable bonds is 10. The van der Waals surface area contributed by atoms with Crippen LogP contribution in [-0.4, -0.2) is 6.67 Å². The Morgan fingerprint density at radius 1 is 1.05 bits per heavy atom. The van der Waals surface area contributed by atoms with E-state index in [0.717, 1.165) is 17.8 Å². The predicted molar refractivity (Wildman–Crippen MR) is 96.8 cm³/mol. The van der Waals surface area contributed by atoms with Crippen LogP contribution in [0.2, 0.25) is 0 Å². The second-order valence-corrected chi connectivity index (χ2v) is 7.50. The van der Waals surface area contributed by atoms with Gasteiger partial charge in [0.05, 0.1) is 0 Å². The molecule has 22 heavy (non-hydrogen) atoms. The summed E-state index contributed by atoms with van der Waals surface area (Å²) in [6.07, 6.45) is 20.3. The average Bonchev–Trinajstić information content (AvgIpc) is 2.52. The monoisotopic (exact) mass is 308 g/mol. The lowest BCUT2D eigenvalue weighted by Crippen LogP contribution is -2.20. The molecule has 0 aromatic rings. The second kappa shape index (κ2) is 11.9. The Hall–Kier alpha value is -0.590. The van der Waals surface area contributed by atoms with Crippen LogP contribution in [0.25, 0.3) is 0 Å². The maximum atomic E-state index is 12.0. The molecule has 1 heteroatoms. The molecular weight excluding hydrogens is 271 g/mol. The molecule has 1 unspecified atom stereocenters. The Bertz CT molecular complexity index is 308. The first-order chi connectivity index (χ1) is 10.7. The molecule has 0 bridgehead atoms. The Labute approximate surface area is 138 Å². The van der Waals surface area contributed by atoms with Gasteiger partial charge in [0, 0.05) is 0 Å². The van der Waals surface area contributed by atoms with Crippen LogP contribution in [0.1, 0.15) is 78.6 Å². The van der Waals surface area contributed by atoms with Crippen molar-refractivity contribution in [3.05, 3.63) is 24.3 Å². The van der Waals surface area contributed by atoms with E-state index in [1.165, 1.54) is 57.8 Å². The van der Waals surface area contributed by atoms with Gasteiger partial charge in [-0.1, -0.05) is 83.6 Å². The van der Waals surface area contributed by atoms with Crippen LogP contribution in [-0.2, 0) is 0 Å². The van der Waals surface area contributed by atoms with Crippen LogP contribution >= 0.6 is 0 Å². The summed E-state index contributed by atoms with van der Waals surface area (Å²) in [7, 11) is 0. The van der Waals surface area contributed by atoms with Gasteiger partial charge in [-0.15, -0.1) is 0 Å². The maximum Gasteiger partial charge on any atom is 0.108 e. The summed E-state index contributed by atoms with van der Waals surface area (Å²) in [6.45, 7) is 6.58. The van der Waals surface area contributed by atoms with Gasteiger partial charge < -0.3 is 0 Å². The van der Waals surface area contributed by atoms with Crippen LogP contribution < -0.4 is 0 Å². The van der Waals surface area contributed by atoms with E-state index in [2.05, 4.69) is 26.8 Å². The summed E-state index contributed by atoms with van der Waals surface area (Å²) < 4.78 is 12.0. The molecule has 0 aromatic heterocycles. The highest BCUT2D eigenvalue weighted by Gasteiger charge is 2.24. The maximum absolute atomic E-state index is 12.0. The standard InChI is InChI=1S/C21H37F/c1-4-20(12-6-5-9-17-22)21-15-13-19(14-16-21)11-8-7-10-18(2)3/h5-6,9,12,18-21H,4,7-8,10-11,13-17H2,1-3H3/b9-5+,12-6-. The minimum atomic E-state index is -0.358. The van der Waals surface area contributed by atoms with E-state index in [4.69, 9.17) is 0 Å². The van der Waals surface area contributed by atoms with Crippen LogP contribution in [0, 0.1) is 23.7 Å². The largest absolute Gasteiger partial charge is 0.247 e. The van der Waals surface area contributed by atoms with Gasteiger partial charge >= 0.3 is 0 Å². The van der Waals surface area contributed by atoms with Crippen molar-refractivity contribution in [1.29, 1.82) is 0 Å². The lowest BCUT2D eigenvalue weighted by molar-refractivity contribution is 0.215. The van der Waals surface area contributed by atoms with Crippen molar-refractivity contribution >= 4 is 0 Å². The van der Waals surface area contributed by atoms with E-state index in [0.29, 0.717) is 5.92 Å². The van der Waals surface area contributed by atoms with E-state index in [1.54, 1.807) is 6.08 Å². The minimum absolute atomic E-state index is 0.358. The molecule has 0 aliphatic heterocycles. The third-order valence-electron chi connectivity index (χ3n) is 5.31. The molecule has 1 aliphatic rings. The number of unbranched alkanes of at least 4 members (excludes halogenated alkanes) is 1. The van der Waals surface area contributed by atoms with Crippen LogP contribution in [0.3, 0.4) is 0 Å². The zero-order valence-electron chi connectivity index (χ0n) is 15.1. The minimum Gasteiger partial charge on any atom is -0.247 e. The Morgan fingerprint density at radius 2 is 1.77 bits per heavy atom. The Morgan fingerprint density at radius 3 is 2.36 bits per heavy atom. The van der Waals surface area contributed by atoms with Crippen LogP contribution in [0.4, 0.5) is 4.39 Å². The highest BCUT2D eigenvalue weighted by atomic mass is 19.1. The van der Waals surface area contributed by atoms with Gasteiger partial charge in [-0.25, -0.2) is 4.39 Å². The summed E-state index contributed by atoms with van der Waals surface area (Å²) in [5.41, 5.74) is 0. The number of allylic oxidation sites excluding steroid dienone is 4. The van der Waals surface area contributed by atoms with Crippen LogP contribution in [0.5, 0.6) is 0 Å². The number of alkyl halides is 1. The van der Waals surface area contributed by atoms with Gasteiger partial charge in [-0.3, -0.25) is 0 Å². The van der Waals surface area contributed by atoms with E-state index < -0.39 is 0 Å². The van der Waals surface area contributed by atoms with E-state index >= 15 is 0 Å². The first kappa shape index (κ1) is 19.5.